The number of fused-ring (bicyclic) bond motifs is 3. The minimum atomic E-state index is 0.0156. The van der Waals surface area contributed by atoms with Gasteiger partial charge in [0.25, 0.3) is 5.56 Å². The van der Waals surface area contributed by atoms with Crippen LogP contribution in [0.15, 0.2) is 9.95 Å². The molecule has 116 valence electrons. The first-order chi connectivity index (χ1) is 10.8. The van der Waals surface area contributed by atoms with Crippen molar-refractivity contribution in [1.29, 1.82) is 5.26 Å². The van der Waals surface area contributed by atoms with Crippen LogP contribution < -0.4 is 5.56 Å². The van der Waals surface area contributed by atoms with Gasteiger partial charge in [-0.3, -0.25) is 9.36 Å². The van der Waals surface area contributed by atoms with Gasteiger partial charge in [0, 0.05) is 12.0 Å². The van der Waals surface area contributed by atoms with Gasteiger partial charge in [0.05, 0.1) is 30.4 Å². The van der Waals surface area contributed by atoms with E-state index in [-0.39, 0.29) is 11.3 Å². The van der Waals surface area contributed by atoms with E-state index in [4.69, 9.17) is 10.00 Å². The summed E-state index contributed by atoms with van der Waals surface area (Å²) in [5.74, 6) is 0.288. The van der Waals surface area contributed by atoms with Crippen LogP contribution >= 0.6 is 23.1 Å². The molecule has 0 aliphatic heterocycles. The molecule has 22 heavy (non-hydrogen) atoms. The number of thiophene rings is 1. The lowest BCUT2D eigenvalue weighted by molar-refractivity contribution is 0.183. The summed E-state index contributed by atoms with van der Waals surface area (Å²) in [6, 6.07) is 2.10. The molecule has 0 spiro atoms. The lowest BCUT2D eigenvalue weighted by Gasteiger charge is -2.12. The van der Waals surface area contributed by atoms with Crippen LogP contribution in [0, 0.1) is 11.3 Å². The first-order valence-corrected chi connectivity index (χ1v) is 9.10. The van der Waals surface area contributed by atoms with Gasteiger partial charge < -0.3 is 4.74 Å². The zero-order chi connectivity index (χ0) is 15.5. The van der Waals surface area contributed by atoms with Gasteiger partial charge in [-0.25, -0.2) is 4.98 Å². The van der Waals surface area contributed by atoms with Crippen molar-refractivity contribution in [2.24, 2.45) is 0 Å². The highest BCUT2D eigenvalue weighted by Crippen LogP contribution is 2.34. The molecular formula is C15H17N3O2S2. The highest BCUT2D eigenvalue weighted by Gasteiger charge is 2.22. The van der Waals surface area contributed by atoms with Gasteiger partial charge in [-0.1, -0.05) is 11.8 Å². The number of rotatable bonds is 5. The summed E-state index contributed by atoms with van der Waals surface area (Å²) in [6.45, 7) is 0.927. The van der Waals surface area contributed by atoms with Crippen LogP contribution in [0.1, 0.15) is 23.3 Å². The van der Waals surface area contributed by atoms with Gasteiger partial charge in [-0.05, 0) is 31.2 Å². The van der Waals surface area contributed by atoms with E-state index in [1.807, 2.05) is 0 Å². The Bertz CT molecular complexity index is 789. The largest absolute Gasteiger partial charge is 0.383 e. The van der Waals surface area contributed by atoms with E-state index in [1.54, 1.807) is 23.0 Å². The van der Waals surface area contributed by atoms with E-state index in [2.05, 4.69) is 11.1 Å². The first-order valence-electron chi connectivity index (χ1n) is 7.30. The number of ether oxygens (including phenoxy) is 1. The van der Waals surface area contributed by atoms with Crippen molar-refractivity contribution in [1.82, 2.24) is 9.55 Å². The van der Waals surface area contributed by atoms with Gasteiger partial charge in [0.2, 0.25) is 0 Å². The fraction of sp³-hybridized carbons (Fsp3) is 0.533. The number of nitrogens with zero attached hydrogens (tertiary/aromatic N) is 3. The van der Waals surface area contributed by atoms with Crippen LogP contribution in [0.2, 0.25) is 0 Å². The van der Waals surface area contributed by atoms with E-state index < -0.39 is 0 Å². The van der Waals surface area contributed by atoms with Crippen LogP contribution in [0.3, 0.4) is 0 Å². The molecule has 0 N–H and O–H groups in total. The van der Waals surface area contributed by atoms with E-state index in [0.29, 0.717) is 18.3 Å². The quantitative estimate of drug-likeness (QED) is 0.620. The second-order valence-electron chi connectivity index (χ2n) is 5.18. The Hall–Kier alpha value is -1.36. The molecule has 7 heteroatoms. The molecule has 2 heterocycles. The Morgan fingerprint density at radius 3 is 3.05 bits per heavy atom. The number of thioether (sulfide) groups is 1. The maximum absolute atomic E-state index is 12.9. The molecule has 0 unspecified atom stereocenters. The third kappa shape index (κ3) is 2.78. The fourth-order valence-corrected chi connectivity index (χ4v) is 4.80. The summed E-state index contributed by atoms with van der Waals surface area (Å²) in [5.41, 5.74) is 1.22. The smallest absolute Gasteiger partial charge is 0.263 e. The number of methoxy groups -OCH3 is 1. The maximum Gasteiger partial charge on any atom is 0.263 e. The predicted octanol–water partition coefficient (Wildman–Crippen LogP) is 2.60. The van der Waals surface area contributed by atoms with E-state index >= 15 is 0 Å². The maximum atomic E-state index is 12.9. The molecule has 0 aromatic carbocycles. The van der Waals surface area contributed by atoms with Gasteiger partial charge in [-0.2, -0.15) is 5.26 Å². The van der Waals surface area contributed by atoms with Crippen molar-refractivity contribution >= 4 is 33.3 Å². The lowest BCUT2D eigenvalue weighted by Crippen LogP contribution is -2.25. The Kier molecular flexibility index (Phi) is 4.81. The highest BCUT2D eigenvalue weighted by molar-refractivity contribution is 7.99. The average molecular weight is 335 g/mol. The predicted molar refractivity (Wildman–Crippen MR) is 88.7 cm³/mol. The summed E-state index contributed by atoms with van der Waals surface area (Å²) in [4.78, 5) is 19.7. The van der Waals surface area contributed by atoms with Crippen molar-refractivity contribution in [3.63, 3.8) is 0 Å². The number of hydrogen-bond acceptors (Lipinski definition) is 6. The molecular weight excluding hydrogens is 318 g/mol. The molecule has 0 fully saturated rings. The molecule has 2 aromatic heterocycles. The topological polar surface area (TPSA) is 67.9 Å². The summed E-state index contributed by atoms with van der Waals surface area (Å²) in [6.07, 6.45) is 4.35. The van der Waals surface area contributed by atoms with Crippen LogP contribution in [0.5, 0.6) is 0 Å². The Morgan fingerprint density at radius 2 is 2.27 bits per heavy atom. The zero-order valence-corrected chi connectivity index (χ0v) is 14.1. The van der Waals surface area contributed by atoms with Crippen LogP contribution in [-0.2, 0) is 24.1 Å². The van der Waals surface area contributed by atoms with Crippen molar-refractivity contribution in [3.05, 3.63) is 20.8 Å². The van der Waals surface area contributed by atoms with E-state index in [1.165, 1.54) is 28.6 Å². The monoisotopic (exact) mass is 335 g/mol. The molecule has 1 aliphatic rings. The molecule has 2 aromatic rings. The highest BCUT2D eigenvalue weighted by atomic mass is 32.2. The molecule has 0 saturated heterocycles. The van der Waals surface area contributed by atoms with Crippen molar-refractivity contribution in [2.75, 3.05) is 19.5 Å². The molecule has 0 atom stereocenters. The van der Waals surface area contributed by atoms with Crippen LogP contribution in [0.25, 0.3) is 10.2 Å². The summed E-state index contributed by atoms with van der Waals surface area (Å²) >= 11 is 2.96. The van der Waals surface area contributed by atoms with E-state index in [0.717, 1.165) is 29.5 Å². The lowest BCUT2D eigenvalue weighted by atomic mass is 9.97. The standard InChI is InChI=1S/C15H17N3O2S2/c1-20-8-7-18-14(19)12-10-4-2-3-5-11(10)22-13(12)17-15(18)21-9-6-16/h2-5,7-9H2,1H3. The van der Waals surface area contributed by atoms with Crippen molar-refractivity contribution in [2.45, 2.75) is 37.4 Å². The minimum Gasteiger partial charge on any atom is -0.383 e. The molecule has 0 bridgehead atoms. The van der Waals surface area contributed by atoms with Crippen LogP contribution in [-0.4, -0.2) is 29.0 Å². The number of nitriles is 1. The summed E-state index contributed by atoms with van der Waals surface area (Å²) in [7, 11) is 1.62. The molecule has 3 rings (SSSR count). The summed E-state index contributed by atoms with van der Waals surface area (Å²) in [5, 5.41) is 10.2. The SMILES string of the molecule is COCCn1c(SCC#N)nc2sc3c(c2c1=O)CCCC3. The molecule has 0 amide bonds. The number of aromatic nitrogens is 2. The van der Waals surface area contributed by atoms with Crippen molar-refractivity contribution in [3.8, 4) is 6.07 Å². The Balaban J connectivity index is 2.17. The van der Waals surface area contributed by atoms with Gasteiger partial charge in [0.15, 0.2) is 5.16 Å². The second-order valence-corrected chi connectivity index (χ2v) is 7.21. The average Bonchev–Trinajstić information content (AvgIpc) is 2.90. The third-order valence-electron chi connectivity index (χ3n) is 3.82. The molecule has 1 aliphatic carbocycles. The van der Waals surface area contributed by atoms with Crippen LogP contribution in [0.4, 0.5) is 0 Å². The minimum absolute atomic E-state index is 0.0156. The Labute approximate surface area is 136 Å². The van der Waals surface area contributed by atoms with Gasteiger partial charge in [-0.15, -0.1) is 11.3 Å². The second kappa shape index (κ2) is 6.82. The van der Waals surface area contributed by atoms with Gasteiger partial charge >= 0.3 is 0 Å². The molecule has 5 nitrogen and oxygen atoms in total. The third-order valence-corrected chi connectivity index (χ3v) is 5.85. The fourth-order valence-electron chi connectivity index (χ4n) is 2.81. The number of hydrogen-bond donors (Lipinski definition) is 0. The van der Waals surface area contributed by atoms with Gasteiger partial charge in [0.1, 0.15) is 4.83 Å². The summed E-state index contributed by atoms with van der Waals surface area (Å²) < 4.78 is 6.77. The zero-order valence-electron chi connectivity index (χ0n) is 12.4. The first kappa shape index (κ1) is 15.5. The molecule has 0 radical (unpaired) electrons. The normalized spacial score (nSPS) is 14.0. The molecule has 0 saturated carbocycles. The van der Waals surface area contributed by atoms with Crippen molar-refractivity contribution < 1.29 is 4.74 Å². The van der Waals surface area contributed by atoms with E-state index in [9.17, 15) is 4.79 Å². The number of aryl methyl sites for hydroxylation is 2. The Morgan fingerprint density at radius 1 is 1.45 bits per heavy atom.